The highest BCUT2D eigenvalue weighted by Gasteiger charge is 2.04. The fourth-order valence-electron chi connectivity index (χ4n) is 1.05. The Kier molecular flexibility index (Phi) is 2.31. The van der Waals surface area contributed by atoms with E-state index in [1.54, 1.807) is 37.2 Å². The van der Waals surface area contributed by atoms with Gasteiger partial charge in [0.15, 0.2) is 11.6 Å². The lowest BCUT2D eigenvalue weighted by Crippen LogP contribution is -2.12. The normalized spacial score (nSPS) is 9.79. The molecule has 0 saturated heterocycles. The first kappa shape index (κ1) is 8.55. The number of hydrogen-bond acceptors (Lipinski definition) is 5. The number of nitrogens with zero attached hydrogens (tertiary/aromatic N) is 5. The summed E-state index contributed by atoms with van der Waals surface area (Å²) >= 11 is 0. The Morgan fingerprint density at radius 2 is 1.36 bits per heavy atom. The van der Waals surface area contributed by atoms with Crippen molar-refractivity contribution in [3.63, 3.8) is 0 Å². The van der Waals surface area contributed by atoms with Gasteiger partial charge in [0.1, 0.15) is 0 Å². The second-order valence-corrected chi connectivity index (χ2v) is 2.69. The van der Waals surface area contributed by atoms with E-state index in [0.717, 1.165) is 11.6 Å². The van der Waals surface area contributed by atoms with Gasteiger partial charge < -0.3 is 4.90 Å². The van der Waals surface area contributed by atoms with E-state index in [1.165, 1.54) is 0 Å². The van der Waals surface area contributed by atoms with E-state index in [4.69, 9.17) is 0 Å². The minimum Gasteiger partial charge on any atom is -0.312 e. The van der Waals surface area contributed by atoms with Crippen molar-refractivity contribution >= 4 is 11.6 Å². The van der Waals surface area contributed by atoms with E-state index in [0.29, 0.717) is 0 Å². The molecule has 0 aliphatic carbocycles. The molecule has 5 heteroatoms. The van der Waals surface area contributed by atoms with Crippen LogP contribution in [0.3, 0.4) is 0 Å². The molecule has 0 fully saturated rings. The summed E-state index contributed by atoms with van der Waals surface area (Å²) in [4.78, 5) is 18.1. The van der Waals surface area contributed by atoms with Gasteiger partial charge in [-0.2, -0.15) is 0 Å². The summed E-state index contributed by atoms with van der Waals surface area (Å²) in [5.41, 5.74) is 0. The Morgan fingerprint density at radius 3 is 1.71 bits per heavy atom. The van der Waals surface area contributed by atoms with Crippen molar-refractivity contribution in [3.8, 4) is 0 Å². The van der Waals surface area contributed by atoms with Crippen LogP contribution in [0, 0.1) is 0 Å². The SMILES string of the molecule is CN(c1cnccn1)c1cnccn1. The van der Waals surface area contributed by atoms with Gasteiger partial charge in [0.2, 0.25) is 0 Å². The second kappa shape index (κ2) is 3.78. The molecule has 0 amide bonds. The van der Waals surface area contributed by atoms with Crippen LogP contribution in [-0.4, -0.2) is 27.0 Å². The Hall–Kier alpha value is -2.04. The number of hydrogen-bond donors (Lipinski definition) is 0. The first-order chi connectivity index (χ1) is 6.88. The molecule has 0 unspecified atom stereocenters. The molecule has 0 aliphatic heterocycles. The van der Waals surface area contributed by atoms with Crippen molar-refractivity contribution < 1.29 is 0 Å². The second-order valence-electron chi connectivity index (χ2n) is 2.69. The largest absolute Gasteiger partial charge is 0.312 e. The molecule has 0 bridgehead atoms. The number of rotatable bonds is 2. The maximum absolute atomic E-state index is 4.15. The Labute approximate surface area is 81.5 Å². The zero-order valence-corrected chi connectivity index (χ0v) is 7.70. The maximum atomic E-state index is 4.15. The zero-order chi connectivity index (χ0) is 9.80. The molecule has 2 rings (SSSR count). The van der Waals surface area contributed by atoms with Gasteiger partial charge >= 0.3 is 0 Å². The highest BCUT2D eigenvalue weighted by molar-refractivity contribution is 5.51. The molecule has 0 aliphatic rings. The highest BCUT2D eigenvalue weighted by atomic mass is 15.2. The van der Waals surface area contributed by atoms with Gasteiger partial charge in [0.05, 0.1) is 12.4 Å². The summed E-state index contributed by atoms with van der Waals surface area (Å²) in [5, 5.41) is 0. The molecule has 2 aromatic rings. The first-order valence-electron chi connectivity index (χ1n) is 4.13. The van der Waals surface area contributed by atoms with Crippen LogP contribution in [0.4, 0.5) is 11.6 Å². The van der Waals surface area contributed by atoms with Gasteiger partial charge in [-0.15, -0.1) is 0 Å². The van der Waals surface area contributed by atoms with E-state index >= 15 is 0 Å². The molecule has 0 saturated carbocycles. The molecule has 2 heterocycles. The lowest BCUT2D eigenvalue weighted by atomic mass is 10.5. The molecular weight excluding hydrogens is 178 g/mol. The van der Waals surface area contributed by atoms with Gasteiger partial charge in [-0.05, 0) is 0 Å². The fourth-order valence-corrected chi connectivity index (χ4v) is 1.05. The Balaban J connectivity index is 2.30. The summed E-state index contributed by atoms with van der Waals surface area (Å²) < 4.78 is 0. The standard InChI is InChI=1S/C9H9N5/c1-14(8-6-10-2-4-12-8)9-7-11-3-5-13-9/h2-7H,1H3. The molecule has 5 nitrogen and oxygen atoms in total. The van der Waals surface area contributed by atoms with Gasteiger partial charge in [-0.3, -0.25) is 9.97 Å². The van der Waals surface area contributed by atoms with Crippen molar-refractivity contribution in [2.45, 2.75) is 0 Å². The van der Waals surface area contributed by atoms with E-state index in [2.05, 4.69) is 19.9 Å². The smallest absolute Gasteiger partial charge is 0.152 e. The van der Waals surface area contributed by atoms with Gasteiger partial charge in [-0.25, -0.2) is 9.97 Å². The van der Waals surface area contributed by atoms with Crippen LogP contribution in [0.15, 0.2) is 37.2 Å². The predicted molar refractivity (Wildman–Crippen MR) is 52.1 cm³/mol. The van der Waals surface area contributed by atoms with E-state index in [-0.39, 0.29) is 0 Å². The van der Waals surface area contributed by atoms with Gasteiger partial charge in [0.25, 0.3) is 0 Å². The van der Waals surface area contributed by atoms with Crippen molar-refractivity contribution in [2.75, 3.05) is 11.9 Å². The van der Waals surface area contributed by atoms with Crippen LogP contribution >= 0.6 is 0 Å². The summed E-state index contributed by atoms with van der Waals surface area (Å²) in [5.74, 6) is 1.49. The lowest BCUT2D eigenvalue weighted by molar-refractivity contribution is 1.03. The van der Waals surface area contributed by atoms with Crippen LogP contribution < -0.4 is 4.90 Å². The molecule has 2 aromatic heterocycles. The lowest BCUT2D eigenvalue weighted by Gasteiger charge is -2.15. The van der Waals surface area contributed by atoms with Gasteiger partial charge in [-0.1, -0.05) is 0 Å². The van der Waals surface area contributed by atoms with Crippen molar-refractivity contribution in [1.82, 2.24) is 19.9 Å². The third kappa shape index (κ3) is 1.66. The summed E-state index contributed by atoms with van der Waals surface area (Å²) in [6.45, 7) is 0. The minimum atomic E-state index is 0.744. The average molecular weight is 187 g/mol. The molecule has 0 spiro atoms. The zero-order valence-electron chi connectivity index (χ0n) is 7.70. The van der Waals surface area contributed by atoms with Gasteiger partial charge in [0, 0.05) is 31.8 Å². The van der Waals surface area contributed by atoms with Crippen LogP contribution in [0.2, 0.25) is 0 Å². The van der Waals surface area contributed by atoms with Crippen LogP contribution in [-0.2, 0) is 0 Å². The molecule has 0 N–H and O–H groups in total. The van der Waals surface area contributed by atoms with Crippen molar-refractivity contribution in [3.05, 3.63) is 37.2 Å². The predicted octanol–water partition coefficient (Wildman–Crippen LogP) is 1.03. The molecular formula is C9H9N5. The molecule has 0 radical (unpaired) electrons. The molecule has 14 heavy (non-hydrogen) atoms. The number of anilines is 2. The van der Waals surface area contributed by atoms with Crippen LogP contribution in [0.5, 0.6) is 0 Å². The summed E-state index contributed by atoms with van der Waals surface area (Å²) in [7, 11) is 1.87. The van der Waals surface area contributed by atoms with Crippen LogP contribution in [0.1, 0.15) is 0 Å². The minimum absolute atomic E-state index is 0.744. The van der Waals surface area contributed by atoms with E-state index in [9.17, 15) is 0 Å². The summed E-state index contributed by atoms with van der Waals surface area (Å²) in [6.07, 6.45) is 9.90. The Morgan fingerprint density at radius 1 is 0.857 bits per heavy atom. The van der Waals surface area contributed by atoms with Crippen molar-refractivity contribution in [1.29, 1.82) is 0 Å². The average Bonchev–Trinajstić information content (AvgIpc) is 2.30. The molecule has 0 atom stereocenters. The summed E-state index contributed by atoms with van der Waals surface area (Å²) in [6, 6.07) is 0. The third-order valence-electron chi connectivity index (χ3n) is 1.79. The van der Waals surface area contributed by atoms with E-state index in [1.807, 2.05) is 11.9 Å². The highest BCUT2D eigenvalue weighted by Crippen LogP contribution is 2.15. The Bertz CT molecular complexity index is 349. The molecule has 0 aromatic carbocycles. The maximum Gasteiger partial charge on any atom is 0.152 e. The first-order valence-corrected chi connectivity index (χ1v) is 4.13. The monoisotopic (exact) mass is 187 g/mol. The number of aromatic nitrogens is 4. The van der Waals surface area contributed by atoms with E-state index < -0.39 is 0 Å². The van der Waals surface area contributed by atoms with Crippen molar-refractivity contribution in [2.24, 2.45) is 0 Å². The van der Waals surface area contributed by atoms with Crippen LogP contribution in [0.25, 0.3) is 0 Å². The third-order valence-corrected chi connectivity index (χ3v) is 1.79. The topological polar surface area (TPSA) is 54.8 Å². The fraction of sp³-hybridized carbons (Fsp3) is 0.111. The quantitative estimate of drug-likeness (QED) is 0.703. The molecule has 70 valence electrons.